The lowest BCUT2D eigenvalue weighted by atomic mass is 10.1. The molecule has 2 N–H and O–H groups in total. The highest BCUT2D eigenvalue weighted by atomic mass is 32.2. The van der Waals surface area contributed by atoms with Crippen LogP contribution in [0.15, 0.2) is 0 Å². The van der Waals surface area contributed by atoms with E-state index in [1.54, 1.807) is 0 Å². The molecule has 0 radical (unpaired) electrons. The summed E-state index contributed by atoms with van der Waals surface area (Å²) in [5.41, 5.74) is 2.77. The van der Waals surface area contributed by atoms with Gasteiger partial charge in [-0.05, 0) is 26.2 Å². The molecule has 1 aliphatic rings. The molecule has 0 aromatic carbocycles. The molecule has 152 valence electrons. The van der Waals surface area contributed by atoms with E-state index in [-0.39, 0.29) is 48.7 Å². The molecule has 27 heavy (non-hydrogen) atoms. The van der Waals surface area contributed by atoms with Crippen LogP contribution in [0.4, 0.5) is 0 Å². The van der Waals surface area contributed by atoms with Crippen LogP contribution in [0.3, 0.4) is 0 Å². The second-order valence-corrected chi connectivity index (χ2v) is 9.90. The number of rotatable bonds is 8. The second-order valence-electron chi connectivity index (χ2n) is 7.67. The van der Waals surface area contributed by atoms with Crippen LogP contribution in [0.2, 0.25) is 0 Å². The Labute approximate surface area is 161 Å². The van der Waals surface area contributed by atoms with Crippen LogP contribution in [0, 0.1) is 19.8 Å². The molecule has 1 saturated heterocycles. The molecule has 9 heteroatoms. The van der Waals surface area contributed by atoms with Crippen LogP contribution in [0.1, 0.15) is 43.6 Å². The molecule has 0 saturated carbocycles. The maximum Gasteiger partial charge on any atom is 0.224 e. The molecule has 1 aromatic heterocycles. The summed E-state index contributed by atoms with van der Waals surface area (Å²) in [5.74, 6) is 0.205. The van der Waals surface area contributed by atoms with E-state index in [1.165, 1.54) is 0 Å². The van der Waals surface area contributed by atoms with Gasteiger partial charge in [0.25, 0.3) is 0 Å². The Hall–Kier alpha value is -1.90. The third kappa shape index (κ3) is 6.34. The van der Waals surface area contributed by atoms with Gasteiger partial charge in [0.05, 0.1) is 23.6 Å². The quantitative estimate of drug-likeness (QED) is 0.663. The van der Waals surface area contributed by atoms with Crippen molar-refractivity contribution in [3.8, 4) is 0 Å². The van der Waals surface area contributed by atoms with Crippen molar-refractivity contribution >= 4 is 21.7 Å². The van der Waals surface area contributed by atoms with Gasteiger partial charge in [-0.2, -0.15) is 5.10 Å². The fourth-order valence-corrected chi connectivity index (χ4v) is 4.93. The zero-order chi connectivity index (χ0) is 20.2. The predicted octanol–water partition coefficient (Wildman–Crippen LogP) is 0.508. The Kier molecular flexibility index (Phi) is 7.02. The van der Waals surface area contributed by atoms with Crippen molar-refractivity contribution in [2.75, 3.05) is 18.1 Å². The summed E-state index contributed by atoms with van der Waals surface area (Å²) in [6.45, 7) is 9.14. The molecule has 1 aliphatic heterocycles. The third-order valence-corrected chi connectivity index (χ3v) is 6.45. The van der Waals surface area contributed by atoms with E-state index < -0.39 is 9.84 Å². The minimum absolute atomic E-state index is 0.00399. The molecule has 2 amide bonds. The average Bonchev–Trinajstić information content (AvgIpc) is 3.00. The van der Waals surface area contributed by atoms with Gasteiger partial charge in [0.1, 0.15) is 0 Å². The normalized spacial score (nSPS) is 18.6. The van der Waals surface area contributed by atoms with E-state index in [9.17, 15) is 18.0 Å². The number of nitrogens with one attached hydrogen (secondary N) is 2. The number of aromatic nitrogens is 2. The third-order valence-electron chi connectivity index (χ3n) is 4.68. The van der Waals surface area contributed by atoms with Crippen molar-refractivity contribution in [3.63, 3.8) is 0 Å². The fourth-order valence-electron chi connectivity index (χ4n) is 3.26. The van der Waals surface area contributed by atoms with Gasteiger partial charge in [0, 0.05) is 36.8 Å². The van der Waals surface area contributed by atoms with E-state index >= 15 is 0 Å². The molecule has 2 rings (SSSR count). The van der Waals surface area contributed by atoms with Crippen LogP contribution in [-0.2, 0) is 32.4 Å². The standard InChI is InChI=1S/C18H30N4O4S/c1-12(2)10-22-14(4)16(13(3)21-22)9-18(24)19-7-5-17(23)20-15-6-8-27(25,26)11-15/h12,15H,5-11H2,1-4H3,(H,19,24)(H,20,23)/t15-/m1/s1. The Morgan fingerprint density at radius 3 is 2.56 bits per heavy atom. The van der Waals surface area contributed by atoms with E-state index in [0.717, 1.165) is 23.5 Å². The summed E-state index contributed by atoms with van der Waals surface area (Å²) < 4.78 is 24.7. The van der Waals surface area contributed by atoms with Gasteiger partial charge in [-0.1, -0.05) is 13.8 Å². The smallest absolute Gasteiger partial charge is 0.224 e. The van der Waals surface area contributed by atoms with Gasteiger partial charge < -0.3 is 10.6 Å². The number of carbonyl (C=O) groups is 2. The summed E-state index contributed by atoms with van der Waals surface area (Å²) in [6, 6.07) is -0.310. The van der Waals surface area contributed by atoms with Crippen molar-refractivity contribution < 1.29 is 18.0 Å². The first-order valence-corrected chi connectivity index (χ1v) is 11.2. The minimum Gasteiger partial charge on any atom is -0.355 e. The number of hydrogen-bond acceptors (Lipinski definition) is 5. The maximum absolute atomic E-state index is 12.2. The summed E-state index contributed by atoms with van der Waals surface area (Å²) in [5, 5.41) is 9.97. The first-order valence-electron chi connectivity index (χ1n) is 9.36. The van der Waals surface area contributed by atoms with Crippen molar-refractivity contribution in [2.24, 2.45) is 5.92 Å². The summed E-state index contributed by atoms with van der Waals surface area (Å²) >= 11 is 0. The lowest BCUT2D eigenvalue weighted by molar-refractivity contribution is -0.122. The average molecular weight is 399 g/mol. The zero-order valence-corrected chi connectivity index (χ0v) is 17.4. The lowest BCUT2D eigenvalue weighted by Gasteiger charge is -2.11. The maximum atomic E-state index is 12.2. The number of sulfone groups is 1. The highest BCUT2D eigenvalue weighted by Gasteiger charge is 2.28. The van der Waals surface area contributed by atoms with Crippen LogP contribution in [0.5, 0.6) is 0 Å². The second kappa shape index (κ2) is 8.86. The monoisotopic (exact) mass is 398 g/mol. The van der Waals surface area contributed by atoms with E-state index in [4.69, 9.17) is 0 Å². The topological polar surface area (TPSA) is 110 Å². The Morgan fingerprint density at radius 2 is 1.96 bits per heavy atom. The molecule has 1 atom stereocenters. The van der Waals surface area contributed by atoms with Gasteiger partial charge in [0.2, 0.25) is 11.8 Å². The molecular weight excluding hydrogens is 368 g/mol. The number of hydrogen-bond donors (Lipinski definition) is 2. The largest absolute Gasteiger partial charge is 0.355 e. The first kappa shape index (κ1) is 21.4. The number of carbonyl (C=O) groups excluding carboxylic acids is 2. The molecule has 2 heterocycles. The predicted molar refractivity (Wildman–Crippen MR) is 103 cm³/mol. The Morgan fingerprint density at radius 1 is 1.26 bits per heavy atom. The highest BCUT2D eigenvalue weighted by Crippen LogP contribution is 2.15. The van der Waals surface area contributed by atoms with E-state index in [1.807, 2.05) is 18.5 Å². The molecule has 8 nitrogen and oxygen atoms in total. The number of aryl methyl sites for hydroxylation is 1. The molecule has 0 unspecified atom stereocenters. The van der Waals surface area contributed by atoms with Gasteiger partial charge in [-0.15, -0.1) is 0 Å². The summed E-state index contributed by atoms with van der Waals surface area (Å²) in [6.07, 6.45) is 0.824. The van der Waals surface area contributed by atoms with Gasteiger partial charge in [-0.25, -0.2) is 8.42 Å². The Bertz CT molecular complexity index is 799. The first-order chi connectivity index (χ1) is 12.6. The van der Waals surface area contributed by atoms with Crippen LogP contribution in [-0.4, -0.2) is 54.1 Å². The minimum atomic E-state index is -3.02. The highest BCUT2D eigenvalue weighted by molar-refractivity contribution is 7.91. The van der Waals surface area contributed by atoms with Crippen molar-refractivity contribution in [2.45, 2.75) is 59.5 Å². The molecular formula is C18H30N4O4S. The molecule has 0 aliphatic carbocycles. The van der Waals surface area contributed by atoms with E-state index in [0.29, 0.717) is 12.3 Å². The van der Waals surface area contributed by atoms with Crippen LogP contribution >= 0.6 is 0 Å². The fraction of sp³-hybridized carbons (Fsp3) is 0.722. The summed E-state index contributed by atoms with van der Waals surface area (Å²) in [7, 11) is -3.02. The van der Waals surface area contributed by atoms with Crippen molar-refractivity contribution in [1.82, 2.24) is 20.4 Å². The van der Waals surface area contributed by atoms with Crippen LogP contribution < -0.4 is 10.6 Å². The lowest BCUT2D eigenvalue weighted by Crippen LogP contribution is -2.38. The number of nitrogens with zero attached hydrogens (tertiary/aromatic N) is 2. The molecule has 0 spiro atoms. The van der Waals surface area contributed by atoms with Gasteiger partial charge in [-0.3, -0.25) is 14.3 Å². The van der Waals surface area contributed by atoms with Crippen molar-refractivity contribution in [1.29, 1.82) is 0 Å². The molecule has 1 fully saturated rings. The zero-order valence-electron chi connectivity index (χ0n) is 16.5. The van der Waals surface area contributed by atoms with Gasteiger partial charge in [0.15, 0.2) is 9.84 Å². The van der Waals surface area contributed by atoms with Gasteiger partial charge >= 0.3 is 0 Å². The molecule has 0 bridgehead atoms. The van der Waals surface area contributed by atoms with Crippen molar-refractivity contribution in [3.05, 3.63) is 17.0 Å². The SMILES string of the molecule is Cc1nn(CC(C)C)c(C)c1CC(=O)NCCC(=O)N[C@@H]1CCS(=O)(=O)C1. The summed E-state index contributed by atoms with van der Waals surface area (Å²) in [4.78, 5) is 24.1. The van der Waals surface area contributed by atoms with Crippen LogP contribution in [0.25, 0.3) is 0 Å². The molecule has 1 aromatic rings. The number of amides is 2. The van der Waals surface area contributed by atoms with E-state index in [2.05, 4.69) is 29.6 Å². The Balaban J connectivity index is 1.76.